The van der Waals surface area contributed by atoms with Crippen molar-refractivity contribution in [3.63, 3.8) is 0 Å². The number of rotatable bonds is 12. The highest BCUT2D eigenvalue weighted by Crippen LogP contribution is 2.26. The first kappa shape index (κ1) is 30.8. The van der Waals surface area contributed by atoms with Gasteiger partial charge in [0, 0.05) is 25.1 Å². The molecule has 0 heterocycles. The summed E-state index contributed by atoms with van der Waals surface area (Å²) in [6, 6.07) is 19.5. The molecule has 2 amide bonds. The minimum atomic E-state index is -3.88. The Hall–Kier alpha value is -3.72. The predicted octanol–water partition coefficient (Wildman–Crippen LogP) is 4.62. The standard InChI is InChI=1S/C31H38FN3O4S/c1-22(2)19-33-31(37)29(18-25-13-7-6-8-14-25)34(20-26-15-9-10-16-27(26)32)30(36)21-35(40(5,38)39)28-17-11-12-23(3)24(28)4/h6-17,22,29H,18-21H2,1-5H3,(H,33,37)/t29-/m0/s1. The zero-order chi connectivity index (χ0) is 29.4. The zero-order valence-electron chi connectivity index (χ0n) is 23.7. The summed E-state index contributed by atoms with van der Waals surface area (Å²) in [4.78, 5) is 29.0. The van der Waals surface area contributed by atoms with E-state index in [1.807, 2.05) is 57.2 Å². The number of nitrogens with zero attached hydrogens (tertiary/aromatic N) is 2. The second-order valence-electron chi connectivity index (χ2n) is 10.4. The Kier molecular flexibility index (Phi) is 10.5. The van der Waals surface area contributed by atoms with Crippen LogP contribution in [0.3, 0.4) is 0 Å². The smallest absolute Gasteiger partial charge is 0.244 e. The third-order valence-electron chi connectivity index (χ3n) is 6.78. The van der Waals surface area contributed by atoms with Crippen molar-refractivity contribution in [3.05, 3.63) is 101 Å². The molecule has 0 spiro atoms. The molecule has 0 fully saturated rings. The van der Waals surface area contributed by atoms with E-state index in [0.717, 1.165) is 27.3 Å². The minimum absolute atomic E-state index is 0.169. The Bertz CT molecular complexity index is 1430. The summed E-state index contributed by atoms with van der Waals surface area (Å²) < 4.78 is 41.8. The van der Waals surface area contributed by atoms with Crippen LogP contribution in [0.25, 0.3) is 0 Å². The summed E-state index contributed by atoms with van der Waals surface area (Å²) in [5, 5.41) is 2.91. The summed E-state index contributed by atoms with van der Waals surface area (Å²) in [6.45, 7) is 7.22. The molecule has 0 bridgehead atoms. The number of carbonyl (C=O) groups excluding carboxylic acids is 2. The van der Waals surface area contributed by atoms with Crippen molar-refractivity contribution in [2.75, 3.05) is 23.7 Å². The lowest BCUT2D eigenvalue weighted by atomic mass is 10.0. The van der Waals surface area contributed by atoms with Gasteiger partial charge in [-0.2, -0.15) is 0 Å². The first-order chi connectivity index (χ1) is 18.9. The Morgan fingerprint density at radius 3 is 2.20 bits per heavy atom. The highest BCUT2D eigenvalue weighted by Gasteiger charge is 2.33. The Labute approximate surface area is 237 Å². The van der Waals surface area contributed by atoms with E-state index in [0.29, 0.717) is 12.2 Å². The molecule has 1 atom stereocenters. The molecule has 3 aromatic carbocycles. The average molecular weight is 568 g/mol. The van der Waals surface area contributed by atoms with Crippen LogP contribution in [-0.4, -0.2) is 50.5 Å². The Morgan fingerprint density at radius 2 is 1.57 bits per heavy atom. The third kappa shape index (κ3) is 8.14. The molecule has 0 saturated heterocycles. The summed E-state index contributed by atoms with van der Waals surface area (Å²) in [6.07, 6.45) is 1.22. The summed E-state index contributed by atoms with van der Waals surface area (Å²) in [7, 11) is -3.88. The molecule has 0 radical (unpaired) electrons. The number of halogens is 1. The van der Waals surface area contributed by atoms with Gasteiger partial charge in [-0.25, -0.2) is 12.8 Å². The number of benzene rings is 3. The number of carbonyl (C=O) groups is 2. The molecule has 0 aliphatic carbocycles. The first-order valence-corrected chi connectivity index (χ1v) is 15.1. The van der Waals surface area contributed by atoms with Crippen LogP contribution in [0, 0.1) is 25.6 Å². The first-order valence-electron chi connectivity index (χ1n) is 13.3. The molecule has 9 heteroatoms. The van der Waals surface area contributed by atoms with Crippen molar-refractivity contribution in [2.45, 2.75) is 46.7 Å². The van der Waals surface area contributed by atoms with Crippen LogP contribution in [0.4, 0.5) is 10.1 Å². The van der Waals surface area contributed by atoms with Gasteiger partial charge in [-0.05, 0) is 48.6 Å². The number of nitrogens with one attached hydrogen (secondary N) is 1. The van der Waals surface area contributed by atoms with E-state index in [9.17, 15) is 22.4 Å². The molecule has 7 nitrogen and oxygen atoms in total. The quantitative estimate of drug-likeness (QED) is 0.346. The van der Waals surface area contributed by atoms with E-state index in [4.69, 9.17) is 0 Å². The molecule has 214 valence electrons. The average Bonchev–Trinajstić information content (AvgIpc) is 2.90. The fourth-order valence-electron chi connectivity index (χ4n) is 4.39. The van der Waals surface area contributed by atoms with Crippen LogP contribution in [0.15, 0.2) is 72.8 Å². The monoisotopic (exact) mass is 567 g/mol. The van der Waals surface area contributed by atoms with Gasteiger partial charge in [0.15, 0.2) is 0 Å². The molecule has 0 saturated carbocycles. The number of hydrogen-bond donors (Lipinski definition) is 1. The van der Waals surface area contributed by atoms with Gasteiger partial charge in [0.2, 0.25) is 21.8 Å². The summed E-state index contributed by atoms with van der Waals surface area (Å²) >= 11 is 0. The second-order valence-corrected chi connectivity index (χ2v) is 12.4. The largest absolute Gasteiger partial charge is 0.354 e. The van der Waals surface area contributed by atoms with E-state index < -0.39 is 34.3 Å². The van der Waals surface area contributed by atoms with Crippen molar-refractivity contribution in [1.82, 2.24) is 10.2 Å². The molecule has 40 heavy (non-hydrogen) atoms. The van der Waals surface area contributed by atoms with Gasteiger partial charge in [0.1, 0.15) is 18.4 Å². The maximum Gasteiger partial charge on any atom is 0.244 e. The molecule has 1 N–H and O–H groups in total. The van der Waals surface area contributed by atoms with Crippen molar-refractivity contribution < 1.29 is 22.4 Å². The van der Waals surface area contributed by atoms with E-state index in [1.165, 1.54) is 11.0 Å². The lowest BCUT2D eigenvalue weighted by Crippen LogP contribution is -2.53. The van der Waals surface area contributed by atoms with Gasteiger partial charge >= 0.3 is 0 Å². The maximum absolute atomic E-state index is 14.8. The molecule has 0 unspecified atom stereocenters. The SMILES string of the molecule is Cc1cccc(N(CC(=O)N(Cc2ccccc2F)[C@@H](Cc2ccccc2)C(=O)NCC(C)C)S(C)(=O)=O)c1C. The molecular formula is C31H38FN3O4S. The van der Waals surface area contributed by atoms with Gasteiger partial charge in [0.05, 0.1) is 11.9 Å². The van der Waals surface area contributed by atoms with E-state index in [-0.39, 0.29) is 30.4 Å². The highest BCUT2D eigenvalue weighted by atomic mass is 32.2. The normalized spacial score (nSPS) is 12.2. The summed E-state index contributed by atoms with van der Waals surface area (Å²) in [5.74, 6) is -1.35. The van der Waals surface area contributed by atoms with E-state index in [1.54, 1.807) is 37.3 Å². The van der Waals surface area contributed by atoms with Gasteiger partial charge < -0.3 is 10.2 Å². The highest BCUT2D eigenvalue weighted by molar-refractivity contribution is 7.92. The molecular weight excluding hydrogens is 529 g/mol. The molecule has 0 aliphatic rings. The molecule has 3 rings (SSSR count). The lowest BCUT2D eigenvalue weighted by molar-refractivity contribution is -0.140. The van der Waals surface area contributed by atoms with E-state index in [2.05, 4.69) is 5.32 Å². The Balaban J connectivity index is 2.08. The van der Waals surface area contributed by atoms with Gasteiger partial charge in [0.25, 0.3) is 0 Å². The number of aryl methyl sites for hydroxylation is 1. The summed E-state index contributed by atoms with van der Waals surface area (Å²) in [5.41, 5.74) is 3.01. The fourth-order valence-corrected chi connectivity index (χ4v) is 5.29. The number of hydrogen-bond acceptors (Lipinski definition) is 4. The van der Waals surface area contributed by atoms with E-state index >= 15 is 0 Å². The van der Waals surface area contributed by atoms with Crippen molar-refractivity contribution >= 4 is 27.5 Å². The zero-order valence-corrected chi connectivity index (χ0v) is 24.5. The van der Waals surface area contributed by atoms with Crippen LogP contribution >= 0.6 is 0 Å². The van der Waals surface area contributed by atoms with Gasteiger partial charge in [-0.15, -0.1) is 0 Å². The second kappa shape index (κ2) is 13.6. The number of amides is 2. The number of sulfonamides is 1. The number of anilines is 1. The third-order valence-corrected chi connectivity index (χ3v) is 7.90. The van der Waals surface area contributed by atoms with Gasteiger partial charge in [-0.1, -0.05) is 74.5 Å². The van der Waals surface area contributed by atoms with Crippen LogP contribution in [-0.2, 0) is 32.6 Å². The van der Waals surface area contributed by atoms with Gasteiger partial charge in [-0.3, -0.25) is 13.9 Å². The topological polar surface area (TPSA) is 86.8 Å². The fraction of sp³-hybridized carbons (Fsp3) is 0.355. The Morgan fingerprint density at radius 1 is 0.925 bits per heavy atom. The van der Waals surface area contributed by atoms with Crippen molar-refractivity contribution in [2.24, 2.45) is 5.92 Å². The molecule has 0 aliphatic heterocycles. The van der Waals surface area contributed by atoms with Crippen molar-refractivity contribution in [1.29, 1.82) is 0 Å². The van der Waals surface area contributed by atoms with Crippen LogP contribution in [0.2, 0.25) is 0 Å². The van der Waals surface area contributed by atoms with Crippen LogP contribution in [0.1, 0.15) is 36.1 Å². The molecule has 0 aromatic heterocycles. The predicted molar refractivity (Wildman–Crippen MR) is 157 cm³/mol. The maximum atomic E-state index is 14.8. The van der Waals surface area contributed by atoms with Crippen LogP contribution in [0.5, 0.6) is 0 Å². The van der Waals surface area contributed by atoms with Crippen molar-refractivity contribution in [3.8, 4) is 0 Å². The lowest BCUT2D eigenvalue weighted by Gasteiger charge is -2.34. The minimum Gasteiger partial charge on any atom is -0.354 e. The van der Waals surface area contributed by atoms with Crippen LogP contribution < -0.4 is 9.62 Å². The molecule has 3 aromatic rings.